The predicted molar refractivity (Wildman–Crippen MR) is 69.4 cm³/mol. The lowest BCUT2D eigenvalue weighted by atomic mass is 9.64. The second kappa shape index (κ2) is 4.68. The molecule has 88 valence electrons. The van der Waals surface area contributed by atoms with Crippen LogP contribution in [0.2, 0.25) is 0 Å². The molecular weight excluding hydrogens is 218 g/mol. The fraction of sp³-hybridized carbons (Fsp3) is 0.538. The van der Waals surface area contributed by atoms with E-state index in [1.807, 2.05) is 0 Å². The highest BCUT2D eigenvalue weighted by Crippen LogP contribution is 2.48. The van der Waals surface area contributed by atoms with Gasteiger partial charge in [0.05, 0.1) is 7.11 Å². The van der Waals surface area contributed by atoms with Crippen molar-refractivity contribution in [2.24, 2.45) is 5.73 Å². The van der Waals surface area contributed by atoms with Crippen LogP contribution in [0.3, 0.4) is 0 Å². The van der Waals surface area contributed by atoms with Crippen LogP contribution in [0.4, 0.5) is 0 Å². The Bertz CT molecular complexity index is 369. The SMILES string of the molecule is COc1c(SC)cccc1C1(CN)CCC1. The summed E-state index contributed by atoms with van der Waals surface area (Å²) in [6.07, 6.45) is 5.75. The summed E-state index contributed by atoms with van der Waals surface area (Å²) in [5, 5.41) is 0. The van der Waals surface area contributed by atoms with Crippen molar-refractivity contribution in [1.29, 1.82) is 0 Å². The van der Waals surface area contributed by atoms with Crippen LogP contribution in [-0.4, -0.2) is 19.9 Å². The molecule has 0 aliphatic heterocycles. The Balaban J connectivity index is 2.47. The third kappa shape index (κ3) is 1.72. The van der Waals surface area contributed by atoms with Crippen LogP contribution >= 0.6 is 11.8 Å². The number of para-hydroxylation sites is 1. The van der Waals surface area contributed by atoms with Gasteiger partial charge in [0.25, 0.3) is 0 Å². The summed E-state index contributed by atoms with van der Waals surface area (Å²) in [6.45, 7) is 0.723. The molecule has 2 N–H and O–H groups in total. The van der Waals surface area contributed by atoms with Crippen molar-refractivity contribution in [1.82, 2.24) is 0 Å². The number of rotatable bonds is 4. The number of methoxy groups -OCH3 is 1. The van der Waals surface area contributed by atoms with E-state index in [2.05, 4.69) is 24.5 Å². The summed E-state index contributed by atoms with van der Waals surface area (Å²) >= 11 is 1.73. The molecule has 0 heterocycles. The highest BCUT2D eigenvalue weighted by Gasteiger charge is 2.39. The molecule has 0 bridgehead atoms. The molecule has 0 atom stereocenters. The van der Waals surface area contributed by atoms with E-state index in [1.165, 1.54) is 29.7 Å². The molecule has 1 saturated carbocycles. The summed E-state index contributed by atoms with van der Waals surface area (Å²) in [5.74, 6) is 1.03. The average molecular weight is 237 g/mol. The molecule has 2 nitrogen and oxygen atoms in total. The molecule has 1 aromatic carbocycles. The molecule has 1 aliphatic carbocycles. The average Bonchev–Trinajstić information content (AvgIpc) is 2.28. The first-order valence-electron chi connectivity index (χ1n) is 5.69. The van der Waals surface area contributed by atoms with Crippen LogP contribution < -0.4 is 10.5 Å². The van der Waals surface area contributed by atoms with Crippen LogP contribution in [0, 0.1) is 0 Å². The Morgan fingerprint density at radius 1 is 1.44 bits per heavy atom. The summed E-state index contributed by atoms with van der Waals surface area (Å²) in [6, 6.07) is 6.39. The monoisotopic (exact) mass is 237 g/mol. The topological polar surface area (TPSA) is 35.2 Å². The van der Waals surface area contributed by atoms with E-state index < -0.39 is 0 Å². The van der Waals surface area contributed by atoms with Crippen LogP contribution in [-0.2, 0) is 5.41 Å². The summed E-state index contributed by atoms with van der Waals surface area (Å²) in [7, 11) is 1.75. The Hall–Kier alpha value is -0.670. The summed E-state index contributed by atoms with van der Waals surface area (Å²) < 4.78 is 5.57. The largest absolute Gasteiger partial charge is 0.495 e. The normalized spacial score (nSPS) is 17.9. The number of benzene rings is 1. The van der Waals surface area contributed by atoms with Gasteiger partial charge in [0.15, 0.2) is 0 Å². The molecular formula is C13H19NOS. The van der Waals surface area contributed by atoms with E-state index in [1.54, 1.807) is 18.9 Å². The second-order valence-electron chi connectivity index (χ2n) is 4.38. The van der Waals surface area contributed by atoms with Crippen molar-refractivity contribution in [2.75, 3.05) is 19.9 Å². The molecule has 0 saturated heterocycles. The maximum Gasteiger partial charge on any atom is 0.136 e. The zero-order valence-corrected chi connectivity index (χ0v) is 10.8. The fourth-order valence-electron chi connectivity index (χ4n) is 2.49. The first-order valence-corrected chi connectivity index (χ1v) is 6.91. The number of ether oxygens (including phenoxy) is 1. The Kier molecular flexibility index (Phi) is 3.45. The number of hydrogen-bond acceptors (Lipinski definition) is 3. The van der Waals surface area contributed by atoms with E-state index in [4.69, 9.17) is 10.5 Å². The van der Waals surface area contributed by atoms with E-state index >= 15 is 0 Å². The minimum atomic E-state index is 0.178. The lowest BCUT2D eigenvalue weighted by Gasteiger charge is -2.42. The first-order chi connectivity index (χ1) is 7.77. The van der Waals surface area contributed by atoms with E-state index in [9.17, 15) is 0 Å². The van der Waals surface area contributed by atoms with Gasteiger partial charge in [0, 0.05) is 22.4 Å². The molecule has 0 radical (unpaired) electrons. The summed E-state index contributed by atoms with van der Waals surface area (Å²) in [5.41, 5.74) is 7.43. The molecule has 0 spiro atoms. The maximum atomic E-state index is 5.95. The number of hydrogen-bond donors (Lipinski definition) is 1. The molecule has 0 aromatic heterocycles. The van der Waals surface area contributed by atoms with Crippen molar-refractivity contribution >= 4 is 11.8 Å². The maximum absolute atomic E-state index is 5.95. The number of nitrogens with two attached hydrogens (primary N) is 1. The van der Waals surface area contributed by atoms with Gasteiger partial charge in [-0.25, -0.2) is 0 Å². The highest BCUT2D eigenvalue weighted by atomic mass is 32.2. The molecule has 0 amide bonds. The lowest BCUT2D eigenvalue weighted by Crippen LogP contribution is -2.41. The third-order valence-corrected chi connectivity index (χ3v) is 4.44. The Labute approximate surface area is 102 Å². The van der Waals surface area contributed by atoms with Crippen molar-refractivity contribution in [3.05, 3.63) is 23.8 Å². The molecule has 16 heavy (non-hydrogen) atoms. The van der Waals surface area contributed by atoms with E-state index in [-0.39, 0.29) is 5.41 Å². The van der Waals surface area contributed by atoms with E-state index in [0.717, 1.165) is 12.3 Å². The number of thioether (sulfide) groups is 1. The van der Waals surface area contributed by atoms with Crippen LogP contribution in [0.25, 0.3) is 0 Å². The van der Waals surface area contributed by atoms with Crippen LogP contribution in [0.1, 0.15) is 24.8 Å². The van der Waals surface area contributed by atoms with E-state index in [0.29, 0.717) is 0 Å². The molecule has 0 unspecified atom stereocenters. The predicted octanol–water partition coefficient (Wildman–Crippen LogP) is 2.80. The van der Waals surface area contributed by atoms with Gasteiger partial charge in [-0.3, -0.25) is 0 Å². The standard InChI is InChI=1S/C13H19NOS/c1-15-12-10(5-3-6-11(12)16-2)13(9-14)7-4-8-13/h3,5-6H,4,7-9,14H2,1-2H3. The zero-order valence-electron chi connectivity index (χ0n) is 9.95. The quantitative estimate of drug-likeness (QED) is 0.818. The van der Waals surface area contributed by atoms with Crippen molar-refractivity contribution in [2.45, 2.75) is 29.6 Å². The first kappa shape index (κ1) is 11.8. The van der Waals surface area contributed by atoms with Crippen molar-refractivity contribution < 1.29 is 4.74 Å². The van der Waals surface area contributed by atoms with Crippen molar-refractivity contribution in [3.8, 4) is 5.75 Å². The van der Waals surface area contributed by atoms with Gasteiger partial charge in [-0.1, -0.05) is 18.6 Å². The second-order valence-corrected chi connectivity index (χ2v) is 5.23. The molecule has 1 aromatic rings. The molecule has 3 heteroatoms. The van der Waals surface area contributed by atoms with Gasteiger partial charge in [-0.15, -0.1) is 11.8 Å². The third-order valence-electron chi connectivity index (χ3n) is 3.68. The fourth-order valence-corrected chi connectivity index (χ4v) is 3.09. The van der Waals surface area contributed by atoms with Crippen molar-refractivity contribution in [3.63, 3.8) is 0 Å². The van der Waals surface area contributed by atoms with Gasteiger partial charge in [0.1, 0.15) is 5.75 Å². The highest BCUT2D eigenvalue weighted by molar-refractivity contribution is 7.98. The molecule has 1 fully saturated rings. The smallest absolute Gasteiger partial charge is 0.136 e. The van der Waals surface area contributed by atoms with Crippen LogP contribution in [0.15, 0.2) is 23.1 Å². The van der Waals surface area contributed by atoms with Gasteiger partial charge in [0.2, 0.25) is 0 Å². The molecule has 2 rings (SSSR count). The zero-order chi connectivity index (χ0) is 11.6. The molecule has 1 aliphatic rings. The van der Waals surface area contributed by atoms with Gasteiger partial charge in [-0.05, 0) is 25.2 Å². The van der Waals surface area contributed by atoms with Crippen LogP contribution in [0.5, 0.6) is 5.75 Å². The minimum Gasteiger partial charge on any atom is -0.495 e. The Morgan fingerprint density at radius 2 is 2.19 bits per heavy atom. The lowest BCUT2D eigenvalue weighted by molar-refractivity contribution is 0.242. The van der Waals surface area contributed by atoms with Gasteiger partial charge >= 0.3 is 0 Å². The minimum absolute atomic E-state index is 0.178. The van der Waals surface area contributed by atoms with Gasteiger partial charge in [-0.2, -0.15) is 0 Å². The van der Waals surface area contributed by atoms with Gasteiger partial charge < -0.3 is 10.5 Å². The Morgan fingerprint density at radius 3 is 2.62 bits per heavy atom. The summed E-state index contributed by atoms with van der Waals surface area (Å²) in [4.78, 5) is 1.21.